The molecule has 0 radical (unpaired) electrons. The van der Waals surface area contributed by atoms with E-state index in [1.165, 1.54) is 5.56 Å². The van der Waals surface area contributed by atoms with E-state index in [-0.39, 0.29) is 22.7 Å². The lowest BCUT2D eigenvalue weighted by Gasteiger charge is -2.42. The van der Waals surface area contributed by atoms with Crippen molar-refractivity contribution in [2.45, 2.75) is 64.4 Å². The lowest BCUT2D eigenvalue weighted by Crippen LogP contribution is -2.50. The van der Waals surface area contributed by atoms with Gasteiger partial charge in [-0.3, -0.25) is 0 Å². The van der Waals surface area contributed by atoms with Crippen LogP contribution in [-0.4, -0.2) is 17.3 Å². The first kappa shape index (κ1) is 13.1. The fraction of sp³-hybridized carbons (Fsp3) is 0.647. The highest BCUT2D eigenvalue weighted by atomic mass is 16.6. The number of hydrogen-bond donors (Lipinski definition) is 0. The summed E-state index contributed by atoms with van der Waals surface area (Å²) < 4.78 is 12.6. The van der Waals surface area contributed by atoms with Crippen LogP contribution in [0.3, 0.4) is 0 Å². The van der Waals surface area contributed by atoms with Crippen molar-refractivity contribution < 1.29 is 9.47 Å². The van der Waals surface area contributed by atoms with Crippen LogP contribution in [0.2, 0.25) is 0 Å². The van der Waals surface area contributed by atoms with Crippen LogP contribution in [0.15, 0.2) is 30.3 Å². The van der Waals surface area contributed by atoms with Crippen molar-refractivity contribution in [3.05, 3.63) is 35.9 Å². The monoisotopic (exact) mass is 260 g/mol. The second-order valence-corrected chi connectivity index (χ2v) is 7.04. The van der Waals surface area contributed by atoms with Gasteiger partial charge in [0, 0.05) is 5.41 Å². The molecule has 2 aliphatic rings. The molecule has 0 spiro atoms. The van der Waals surface area contributed by atoms with Gasteiger partial charge in [-0.05, 0) is 32.3 Å². The molecule has 0 amide bonds. The summed E-state index contributed by atoms with van der Waals surface area (Å²) >= 11 is 0. The minimum Gasteiger partial charge on any atom is -0.370 e. The summed E-state index contributed by atoms with van der Waals surface area (Å²) in [5.41, 5.74) is 1.14. The van der Waals surface area contributed by atoms with Crippen LogP contribution >= 0.6 is 0 Å². The van der Waals surface area contributed by atoms with E-state index < -0.39 is 0 Å². The lowest BCUT2D eigenvalue weighted by atomic mass is 9.64. The van der Waals surface area contributed by atoms with Crippen molar-refractivity contribution in [1.29, 1.82) is 0 Å². The number of benzene rings is 1. The van der Waals surface area contributed by atoms with Crippen LogP contribution in [0.4, 0.5) is 0 Å². The summed E-state index contributed by atoms with van der Waals surface area (Å²) in [4.78, 5) is 0. The van der Waals surface area contributed by atoms with Gasteiger partial charge in [0.05, 0.1) is 23.9 Å². The van der Waals surface area contributed by atoms with Gasteiger partial charge < -0.3 is 9.47 Å². The maximum absolute atomic E-state index is 6.34. The summed E-state index contributed by atoms with van der Waals surface area (Å²) in [5, 5.41) is 0. The Balaban J connectivity index is 1.78. The van der Waals surface area contributed by atoms with Crippen molar-refractivity contribution in [3.63, 3.8) is 0 Å². The van der Waals surface area contributed by atoms with Gasteiger partial charge in [-0.25, -0.2) is 0 Å². The molecular formula is C17H24O2. The fourth-order valence-electron chi connectivity index (χ4n) is 3.92. The summed E-state index contributed by atoms with van der Waals surface area (Å²) in [7, 11) is 0. The van der Waals surface area contributed by atoms with Gasteiger partial charge in [0.25, 0.3) is 0 Å². The maximum atomic E-state index is 6.34. The number of rotatable bonds is 3. The highest BCUT2D eigenvalue weighted by molar-refractivity contribution is 5.18. The third-order valence-corrected chi connectivity index (χ3v) is 5.39. The number of fused-ring (bicyclic) bond motifs is 2. The van der Waals surface area contributed by atoms with Gasteiger partial charge >= 0.3 is 0 Å². The topological polar surface area (TPSA) is 18.5 Å². The summed E-state index contributed by atoms with van der Waals surface area (Å²) in [6, 6.07) is 10.4. The fourth-order valence-corrected chi connectivity index (χ4v) is 3.92. The van der Waals surface area contributed by atoms with Gasteiger partial charge in [-0.15, -0.1) is 0 Å². The second kappa shape index (κ2) is 4.07. The van der Waals surface area contributed by atoms with Gasteiger partial charge in [0.1, 0.15) is 0 Å². The van der Waals surface area contributed by atoms with Crippen LogP contribution < -0.4 is 0 Å². The van der Waals surface area contributed by atoms with Crippen molar-refractivity contribution in [2.24, 2.45) is 5.41 Å². The molecule has 0 aromatic heterocycles. The van der Waals surface area contributed by atoms with Crippen LogP contribution in [0.5, 0.6) is 0 Å². The Morgan fingerprint density at radius 1 is 1.11 bits per heavy atom. The molecule has 0 aliphatic carbocycles. The predicted molar refractivity (Wildman–Crippen MR) is 75.9 cm³/mol. The molecule has 3 rings (SSSR count). The van der Waals surface area contributed by atoms with Crippen molar-refractivity contribution in [1.82, 2.24) is 0 Å². The van der Waals surface area contributed by atoms with E-state index in [1.807, 2.05) is 6.07 Å². The SMILES string of the molecule is CC12CCC(C)(O1)C(C)(C)C2OCc1ccccc1. The largest absolute Gasteiger partial charge is 0.370 e. The van der Waals surface area contributed by atoms with E-state index >= 15 is 0 Å². The van der Waals surface area contributed by atoms with Crippen molar-refractivity contribution >= 4 is 0 Å². The van der Waals surface area contributed by atoms with Crippen LogP contribution in [0, 0.1) is 5.41 Å². The molecule has 2 nitrogen and oxygen atoms in total. The van der Waals surface area contributed by atoms with Crippen LogP contribution in [0.25, 0.3) is 0 Å². The minimum atomic E-state index is -0.118. The van der Waals surface area contributed by atoms with E-state index in [1.54, 1.807) is 0 Å². The Labute approximate surface area is 116 Å². The van der Waals surface area contributed by atoms with Crippen LogP contribution in [0.1, 0.15) is 46.1 Å². The molecule has 3 atom stereocenters. The summed E-state index contributed by atoms with van der Waals surface area (Å²) in [6.07, 6.45) is 2.41. The molecule has 2 bridgehead atoms. The van der Waals surface area contributed by atoms with E-state index in [2.05, 4.69) is 52.0 Å². The minimum absolute atomic E-state index is 0.0386. The van der Waals surface area contributed by atoms with Gasteiger partial charge in [0.15, 0.2) is 0 Å². The Morgan fingerprint density at radius 2 is 1.79 bits per heavy atom. The van der Waals surface area contributed by atoms with E-state index in [9.17, 15) is 0 Å². The molecular weight excluding hydrogens is 236 g/mol. The maximum Gasteiger partial charge on any atom is 0.0944 e. The summed E-state index contributed by atoms with van der Waals surface area (Å²) in [6.45, 7) is 9.69. The van der Waals surface area contributed by atoms with E-state index in [4.69, 9.17) is 9.47 Å². The molecule has 2 fully saturated rings. The highest BCUT2D eigenvalue weighted by Crippen LogP contribution is 2.61. The highest BCUT2D eigenvalue weighted by Gasteiger charge is 2.67. The first-order valence-electron chi connectivity index (χ1n) is 7.23. The lowest BCUT2D eigenvalue weighted by molar-refractivity contribution is -0.0893. The molecule has 1 aromatic carbocycles. The molecule has 2 heterocycles. The van der Waals surface area contributed by atoms with Gasteiger partial charge in [0.2, 0.25) is 0 Å². The number of ether oxygens (including phenoxy) is 2. The first-order valence-corrected chi connectivity index (χ1v) is 7.23. The Morgan fingerprint density at radius 3 is 2.37 bits per heavy atom. The average Bonchev–Trinajstić information content (AvgIpc) is 2.75. The summed E-state index contributed by atoms with van der Waals surface area (Å²) in [5.74, 6) is 0. The number of hydrogen-bond acceptors (Lipinski definition) is 2. The quantitative estimate of drug-likeness (QED) is 0.819. The Hall–Kier alpha value is -0.860. The average molecular weight is 260 g/mol. The van der Waals surface area contributed by atoms with Crippen molar-refractivity contribution in [3.8, 4) is 0 Å². The van der Waals surface area contributed by atoms with E-state index in [0.717, 1.165) is 12.8 Å². The zero-order valence-electron chi connectivity index (χ0n) is 12.4. The normalized spacial score (nSPS) is 39.7. The molecule has 19 heavy (non-hydrogen) atoms. The molecule has 1 aromatic rings. The molecule has 2 saturated heterocycles. The zero-order chi connectivity index (χ0) is 13.7. The van der Waals surface area contributed by atoms with Crippen molar-refractivity contribution in [2.75, 3.05) is 0 Å². The zero-order valence-corrected chi connectivity index (χ0v) is 12.4. The third-order valence-electron chi connectivity index (χ3n) is 5.39. The van der Waals surface area contributed by atoms with Crippen LogP contribution in [-0.2, 0) is 16.1 Å². The molecule has 2 heteroatoms. The van der Waals surface area contributed by atoms with E-state index in [0.29, 0.717) is 6.61 Å². The smallest absolute Gasteiger partial charge is 0.0944 e. The third kappa shape index (κ3) is 1.85. The molecule has 104 valence electrons. The Kier molecular flexibility index (Phi) is 2.81. The van der Waals surface area contributed by atoms with Gasteiger partial charge in [-0.2, -0.15) is 0 Å². The molecule has 0 saturated carbocycles. The molecule has 3 unspecified atom stereocenters. The first-order chi connectivity index (χ1) is 8.87. The molecule has 2 aliphatic heterocycles. The predicted octanol–water partition coefficient (Wildman–Crippen LogP) is 3.94. The Bertz CT molecular complexity index is 467. The standard InChI is InChI=1S/C17H24O2/c1-15(2)14(16(3)10-11-17(15,4)19-16)18-12-13-8-6-5-7-9-13/h5-9,14H,10-12H2,1-4H3. The molecule has 0 N–H and O–H groups in total. The van der Waals surface area contributed by atoms with Gasteiger partial charge in [-0.1, -0.05) is 44.2 Å². The second-order valence-electron chi connectivity index (χ2n) is 7.04.